The van der Waals surface area contributed by atoms with Crippen LogP contribution in [0.3, 0.4) is 0 Å². The Balaban J connectivity index is 2.00. The number of phenolic OH excluding ortho intramolecular Hbond substituents is 1. The van der Waals surface area contributed by atoms with Crippen LogP contribution in [0, 0.1) is 18.3 Å². The van der Waals surface area contributed by atoms with Gasteiger partial charge in [0.15, 0.2) is 0 Å². The third kappa shape index (κ3) is 3.34. The van der Waals surface area contributed by atoms with Gasteiger partial charge >= 0.3 is 0 Å². The average molecular weight is 323 g/mol. The van der Waals surface area contributed by atoms with E-state index in [9.17, 15) is 15.2 Å². The molecule has 2 heterocycles. The highest BCUT2D eigenvalue weighted by molar-refractivity contribution is 5.71. The molecule has 0 radical (unpaired) electrons. The zero-order valence-electron chi connectivity index (χ0n) is 13.8. The number of benzene rings is 1. The standard InChI is InChI=1S/C19H21N3O2/c1-13-9-16(17(11-20)19(24)21-13)14-5-6-18(23)15(10-14)12-22-7-3-2-4-8-22/h5-6,9-10,23H,2-4,7-8,12H2,1H3,(H,21,24). The van der Waals surface area contributed by atoms with E-state index < -0.39 is 0 Å². The molecule has 1 aliphatic heterocycles. The van der Waals surface area contributed by atoms with E-state index in [1.165, 1.54) is 19.3 Å². The number of phenols is 1. The molecule has 5 nitrogen and oxygen atoms in total. The van der Waals surface area contributed by atoms with Gasteiger partial charge in [0, 0.05) is 23.4 Å². The molecule has 5 heteroatoms. The van der Waals surface area contributed by atoms with E-state index in [1.54, 1.807) is 25.1 Å². The Kier molecular flexibility index (Phi) is 4.68. The summed E-state index contributed by atoms with van der Waals surface area (Å²) in [6.45, 7) is 4.55. The van der Waals surface area contributed by atoms with E-state index in [0.717, 1.165) is 24.2 Å². The van der Waals surface area contributed by atoms with Crippen LogP contribution >= 0.6 is 0 Å². The summed E-state index contributed by atoms with van der Waals surface area (Å²) in [6, 6.07) is 9.08. The van der Waals surface area contributed by atoms with Gasteiger partial charge in [0.05, 0.1) is 0 Å². The van der Waals surface area contributed by atoms with Crippen molar-refractivity contribution >= 4 is 0 Å². The zero-order chi connectivity index (χ0) is 17.1. The number of nitrogens with one attached hydrogen (secondary N) is 1. The number of rotatable bonds is 3. The highest BCUT2D eigenvalue weighted by Gasteiger charge is 2.15. The van der Waals surface area contributed by atoms with E-state index in [1.807, 2.05) is 12.1 Å². The highest BCUT2D eigenvalue weighted by Crippen LogP contribution is 2.29. The molecular formula is C19H21N3O2. The maximum atomic E-state index is 12.0. The maximum absolute atomic E-state index is 12.0. The van der Waals surface area contributed by atoms with Gasteiger partial charge in [0.1, 0.15) is 17.4 Å². The Bertz CT molecular complexity index is 843. The molecule has 2 aromatic rings. The van der Waals surface area contributed by atoms with E-state index in [0.29, 0.717) is 17.8 Å². The van der Waals surface area contributed by atoms with Crippen molar-refractivity contribution in [2.45, 2.75) is 32.7 Å². The maximum Gasteiger partial charge on any atom is 0.266 e. The largest absolute Gasteiger partial charge is 0.508 e. The first-order valence-corrected chi connectivity index (χ1v) is 8.27. The lowest BCUT2D eigenvalue weighted by Crippen LogP contribution is -2.29. The monoisotopic (exact) mass is 323 g/mol. The van der Waals surface area contributed by atoms with Crippen LogP contribution in [-0.4, -0.2) is 28.1 Å². The van der Waals surface area contributed by atoms with E-state index in [-0.39, 0.29) is 16.9 Å². The van der Waals surface area contributed by atoms with Crippen LogP contribution in [0.25, 0.3) is 11.1 Å². The number of H-pyrrole nitrogens is 1. The van der Waals surface area contributed by atoms with Gasteiger partial charge in [-0.3, -0.25) is 9.69 Å². The molecular weight excluding hydrogens is 302 g/mol. The molecule has 24 heavy (non-hydrogen) atoms. The first-order chi connectivity index (χ1) is 11.6. The molecule has 0 aliphatic carbocycles. The average Bonchev–Trinajstić information content (AvgIpc) is 2.57. The van der Waals surface area contributed by atoms with Crippen molar-refractivity contribution in [2.75, 3.05) is 13.1 Å². The Morgan fingerprint density at radius 2 is 2.00 bits per heavy atom. The fourth-order valence-corrected chi connectivity index (χ4v) is 3.27. The second-order valence-corrected chi connectivity index (χ2v) is 6.36. The number of aromatic hydroxyl groups is 1. The fraction of sp³-hybridized carbons (Fsp3) is 0.368. The van der Waals surface area contributed by atoms with E-state index in [4.69, 9.17) is 0 Å². The number of hydrogen-bond acceptors (Lipinski definition) is 4. The minimum absolute atomic E-state index is 0.107. The Morgan fingerprint density at radius 3 is 2.71 bits per heavy atom. The van der Waals surface area contributed by atoms with Gasteiger partial charge in [-0.1, -0.05) is 12.5 Å². The summed E-state index contributed by atoms with van der Waals surface area (Å²) >= 11 is 0. The number of pyridine rings is 1. The van der Waals surface area contributed by atoms with Gasteiger partial charge in [0.2, 0.25) is 0 Å². The molecule has 1 saturated heterocycles. The van der Waals surface area contributed by atoms with Gasteiger partial charge in [-0.2, -0.15) is 5.26 Å². The molecule has 0 amide bonds. The van der Waals surface area contributed by atoms with Crippen LogP contribution in [0.15, 0.2) is 29.1 Å². The van der Waals surface area contributed by atoms with Crippen LogP contribution < -0.4 is 5.56 Å². The van der Waals surface area contributed by atoms with Crippen molar-refractivity contribution in [3.05, 3.63) is 51.4 Å². The molecule has 0 unspecified atom stereocenters. The van der Waals surface area contributed by atoms with Crippen LogP contribution in [-0.2, 0) is 6.54 Å². The van der Waals surface area contributed by atoms with Crippen molar-refractivity contribution in [3.63, 3.8) is 0 Å². The molecule has 1 aromatic carbocycles. The van der Waals surface area contributed by atoms with Gasteiger partial charge in [-0.15, -0.1) is 0 Å². The molecule has 1 fully saturated rings. The number of piperidine rings is 1. The molecule has 1 aromatic heterocycles. The van der Waals surface area contributed by atoms with Crippen LogP contribution in [0.4, 0.5) is 0 Å². The Hall–Kier alpha value is -2.58. The number of hydrogen-bond donors (Lipinski definition) is 2. The lowest BCUT2D eigenvalue weighted by atomic mass is 9.98. The second kappa shape index (κ2) is 6.90. The fourth-order valence-electron chi connectivity index (χ4n) is 3.27. The lowest BCUT2D eigenvalue weighted by Gasteiger charge is -2.26. The summed E-state index contributed by atoms with van der Waals surface area (Å²) in [6.07, 6.45) is 3.64. The molecule has 0 saturated carbocycles. The van der Waals surface area contributed by atoms with E-state index >= 15 is 0 Å². The molecule has 124 valence electrons. The minimum Gasteiger partial charge on any atom is -0.508 e. The smallest absolute Gasteiger partial charge is 0.266 e. The summed E-state index contributed by atoms with van der Waals surface area (Å²) in [4.78, 5) is 17.0. The van der Waals surface area contributed by atoms with Gasteiger partial charge in [-0.05, 0) is 56.6 Å². The van der Waals surface area contributed by atoms with E-state index in [2.05, 4.69) is 9.88 Å². The topological polar surface area (TPSA) is 80.1 Å². The van der Waals surface area contributed by atoms with Crippen LogP contribution in [0.5, 0.6) is 5.75 Å². The molecule has 0 bridgehead atoms. The SMILES string of the molecule is Cc1cc(-c2ccc(O)c(CN3CCCCC3)c2)c(C#N)c(=O)[nH]1. The first-order valence-electron chi connectivity index (χ1n) is 8.27. The summed E-state index contributed by atoms with van der Waals surface area (Å²) in [5.74, 6) is 0.254. The van der Waals surface area contributed by atoms with Crippen molar-refractivity contribution in [2.24, 2.45) is 0 Å². The Morgan fingerprint density at radius 1 is 1.25 bits per heavy atom. The number of likely N-dealkylation sites (tertiary alicyclic amines) is 1. The predicted octanol–water partition coefficient (Wildman–Crippen LogP) is 2.91. The normalized spacial score (nSPS) is 15.2. The lowest BCUT2D eigenvalue weighted by molar-refractivity contribution is 0.218. The number of nitriles is 1. The summed E-state index contributed by atoms with van der Waals surface area (Å²) in [5, 5.41) is 19.5. The third-order valence-electron chi connectivity index (χ3n) is 4.51. The van der Waals surface area contributed by atoms with Crippen molar-refractivity contribution in [1.29, 1.82) is 5.26 Å². The van der Waals surface area contributed by atoms with Gasteiger partial charge < -0.3 is 10.1 Å². The first kappa shape index (κ1) is 16.3. The Labute approximate surface area is 141 Å². The van der Waals surface area contributed by atoms with Crippen LogP contribution in [0.1, 0.15) is 36.1 Å². The van der Waals surface area contributed by atoms with Gasteiger partial charge in [-0.25, -0.2) is 0 Å². The van der Waals surface area contributed by atoms with Crippen molar-refractivity contribution in [1.82, 2.24) is 9.88 Å². The molecule has 0 atom stereocenters. The molecule has 0 spiro atoms. The number of aryl methyl sites for hydroxylation is 1. The minimum atomic E-state index is -0.377. The number of nitrogens with zero attached hydrogens (tertiary/aromatic N) is 2. The zero-order valence-corrected chi connectivity index (χ0v) is 13.8. The summed E-state index contributed by atoms with van der Waals surface area (Å²) < 4.78 is 0. The highest BCUT2D eigenvalue weighted by atomic mass is 16.3. The third-order valence-corrected chi connectivity index (χ3v) is 4.51. The molecule has 2 N–H and O–H groups in total. The summed E-state index contributed by atoms with van der Waals surface area (Å²) in [7, 11) is 0. The van der Waals surface area contributed by atoms with Crippen molar-refractivity contribution < 1.29 is 5.11 Å². The number of aromatic amines is 1. The number of aromatic nitrogens is 1. The predicted molar refractivity (Wildman–Crippen MR) is 92.7 cm³/mol. The second-order valence-electron chi connectivity index (χ2n) is 6.36. The quantitative estimate of drug-likeness (QED) is 0.910. The molecule has 1 aliphatic rings. The molecule has 3 rings (SSSR count). The van der Waals surface area contributed by atoms with Crippen molar-refractivity contribution in [3.8, 4) is 22.9 Å². The van der Waals surface area contributed by atoms with Crippen LogP contribution in [0.2, 0.25) is 0 Å². The van der Waals surface area contributed by atoms with Gasteiger partial charge in [0.25, 0.3) is 5.56 Å². The summed E-state index contributed by atoms with van der Waals surface area (Å²) in [5.41, 5.74) is 2.66.